The minimum atomic E-state index is -0.576. The number of phenolic OH excluding ortho intramolecular Hbond substituents is 2. The fraction of sp³-hybridized carbons (Fsp3) is 0.0588. The number of hydrogen-bond donors (Lipinski definition) is 4. The van der Waals surface area contributed by atoms with Gasteiger partial charge in [-0.1, -0.05) is 17.7 Å². The minimum Gasteiger partial charge on any atom is -0.504 e. The zero-order valence-electron chi connectivity index (χ0n) is 12.9. The number of rotatable bonds is 5. The van der Waals surface area contributed by atoms with Crippen LogP contribution in [-0.4, -0.2) is 28.6 Å². The van der Waals surface area contributed by atoms with Crippen LogP contribution in [-0.2, 0) is 9.59 Å². The molecule has 2 aromatic rings. The summed E-state index contributed by atoms with van der Waals surface area (Å²) in [4.78, 5) is 23.2. The monoisotopic (exact) mass is 362 g/mol. The molecule has 0 unspecified atom stereocenters. The third-order valence-electron chi connectivity index (χ3n) is 2.94. The Balaban J connectivity index is 1.75. The van der Waals surface area contributed by atoms with E-state index >= 15 is 0 Å². The zero-order valence-corrected chi connectivity index (χ0v) is 13.7. The quantitative estimate of drug-likeness (QED) is 0.369. The second-order valence-electron chi connectivity index (χ2n) is 4.86. The topological polar surface area (TPSA) is 108 Å². The molecule has 7 nitrogen and oxygen atoms in total. The van der Waals surface area contributed by atoms with Gasteiger partial charge in [-0.15, -0.1) is 0 Å². The molecule has 0 aliphatic heterocycles. The lowest BCUT2D eigenvalue weighted by Crippen LogP contribution is -2.43. The Morgan fingerprint density at radius 3 is 2.44 bits per heavy atom. The van der Waals surface area contributed by atoms with Crippen LogP contribution in [0.3, 0.4) is 0 Å². The van der Waals surface area contributed by atoms with Gasteiger partial charge < -0.3 is 14.9 Å². The van der Waals surface area contributed by atoms with Gasteiger partial charge in [0, 0.05) is 11.1 Å². The number of nitrogens with one attached hydrogen (secondary N) is 2. The molecule has 0 aliphatic carbocycles. The molecule has 0 saturated heterocycles. The van der Waals surface area contributed by atoms with Crippen LogP contribution in [0.1, 0.15) is 5.56 Å². The number of ether oxygens (including phenoxy) is 1. The number of halogens is 1. The molecule has 0 atom stereocenters. The summed E-state index contributed by atoms with van der Waals surface area (Å²) in [7, 11) is 0. The molecule has 0 saturated carbocycles. The van der Waals surface area contributed by atoms with Gasteiger partial charge in [-0.25, -0.2) is 0 Å². The number of hydrazine groups is 1. The highest BCUT2D eigenvalue weighted by Gasteiger charge is 2.04. The molecule has 0 heterocycles. The van der Waals surface area contributed by atoms with Crippen LogP contribution < -0.4 is 15.6 Å². The first kappa shape index (κ1) is 18.2. The standard InChI is InChI=1S/C17H15ClN2O5/c18-12-3-5-13(6-4-12)25-10-17(24)20-19-16(23)8-2-11-1-7-14(21)15(22)9-11/h1-9,21-22H,10H2,(H,19,23)(H,20,24)/b8-2+. The van der Waals surface area contributed by atoms with Gasteiger partial charge in [0.05, 0.1) is 0 Å². The van der Waals surface area contributed by atoms with E-state index in [-0.39, 0.29) is 18.1 Å². The average molecular weight is 363 g/mol. The summed E-state index contributed by atoms with van der Waals surface area (Å²) in [6.45, 7) is -0.280. The Kier molecular flexibility index (Phi) is 6.25. The molecule has 2 rings (SSSR count). The first-order valence-corrected chi connectivity index (χ1v) is 7.49. The number of amides is 2. The SMILES string of the molecule is O=C(/C=C/c1ccc(O)c(O)c1)NNC(=O)COc1ccc(Cl)cc1. The molecule has 0 radical (unpaired) electrons. The van der Waals surface area contributed by atoms with Gasteiger partial charge in [-0.3, -0.25) is 20.4 Å². The molecule has 0 aromatic heterocycles. The van der Waals surface area contributed by atoms with E-state index < -0.39 is 11.8 Å². The fourth-order valence-corrected chi connectivity index (χ4v) is 1.83. The Morgan fingerprint density at radius 1 is 1.04 bits per heavy atom. The van der Waals surface area contributed by atoms with Crippen molar-refractivity contribution in [3.8, 4) is 17.2 Å². The van der Waals surface area contributed by atoms with Crippen molar-refractivity contribution >= 4 is 29.5 Å². The maximum absolute atomic E-state index is 11.6. The summed E-state index contributed by atoms with van der Waals surface area (Å²) in [5.74, 6) is -1.20. The van der Waals surface area contributed by atoms with Crippen LogP contribution in [0.5, 0.6) is 17.2 Å². The third-order valence-corrected chi connectivity index (χ3v) is 3.19. The average Bonchev–Trinajstić information content (AvgIpc) is 2.60. The van der Waals surface area contributed by atoms with Gasteiger partial charge >= 0.3 is 0 Å². The molecule has 4 N–H and O–H groups in total. The van der Waals surface area contributed by atoms with Crippen LogP contribution in [0.2, 0.25) is 5.02 Å². The van der Waals surface area contributed by atoms with E-state index in [2.05, 4.69) is 10.9 Å². The number of phenols is 2. The molecule has 0 aliphatic rings. The van der Waals surface area contributed by atoms with Crippen molar-refractivity contribution in [3.05, 3.63) is 59.1 Å². The highest BCUT2D eigenvalue weighted by atomic mass is 35.5. The predicted molar refractivity (Wildman–Crippen MR) is 92.0 cm³/mol. The second-order valence-corrected chi connectivity index (χ2v) is 5.30. The largest absolute Gasteiger partial charge is 0.504 e. The highest BCUT2D eigenvalue weighted by Crippen LogP contribution is 2.25. The minimum absolute atomic E-state index is 0.255. The van der Waals surface area contributed by atoms with Gasteiger partial charge in [0.15, 0.2) is 18.1 Å². The molecular formula is C17H15ClN2O5. The van der Waals surface area contributed by atoms with Crippen molar-refractivity contribution in [2.75, 3.05) is 6.61 Å². The Labute approximate surface area is 148 Å². The van der Waals surface area contributed by atoms with Crippen LogP contribution in [0.25, 0.3) is 6.08 Å². The maximum atomic E-state index is 11.6. The van der Waals surface area contributed by atoms with E-state index in [4.69, 9.17) is 16.3 Å². The first-order chi connectivity index (χ1) is 11.9. The molecule has 2 amide bonds. The molecule has 25 heavy (non-hydrogen) atoms. The fourth-order valence-electron chi connectivity index (χ4n) is 1.70. The predicted octanol–water partition coefficient (Wildman–Crippen LogP) is 1.99. The highest BCUT2D eigenvalue weighted by molar-refractivity contribution is 6.30. The van der Waals surface area contributed by atoms with E-state index in [0.29, 0.717) is 16.3 Å². The van der Waals surface area contributed by atoms with Crippen LogP contribution >= 0.6 is 11.6 Å². The van der Waals surface area contributed by atoms with Crippen molar-refractivity contribution in [1.29, 1.82) is 0 Å². The number of hydrogen-bond acceptors (Lipinski definition) is 5. The molecule has 0 bridgehead atoms. The lowest BCUT2D eigenvalue weighted by atomic mass is 10.2. The summed E-state index contributed by atoms with van der Waals surface area (Å²) in [5.41, 5.74) is 4.88. The normalized spacial score (nSPS) is 10.4. The van der Waals surface area contributed by atoms with Gasteiger partial charge in [-0.2, -0.15) is 0 Å². The summed E-state index contributed by atoms with van der Waals surface area (Å²) < 4.78 is 5.22. The Morgan fingerprint density at radius 2 is 1.76 bits per heavy atom. The molecule has 0 spiro atoms. The van der Waals surface area contributed by atoms with Crippen molar-refractivity contribution < 1.29 is 24.5 Å². The smallest absolute Gasteiger partial charge is 0.276 e. The summed E-state index contributed by atoms with van der Waals surface area (Å²) in [5, 5.41) is 19.1. The summed E-state index contributed by atoms with van der Waals surface area (Å²) in [6.07, 6.45) is 2.57. The number of benzene rings is 2. The Hall–Kier alpha value is -3.19. The second kappa shape index (κ2) is 8.60. The van der Waals surface area contributed by atoms with Gasteiger partial charge in [-0.05, 0) is 48.0 Å². The van der Waals surface area contributed by atoms with Crippen molar-refractivity contribution in [2.45, 2.75) is 0 Å². The zero-order chi connectivity index (χ0) is 18.2. The van der Waals surface area contributed by atoms with Crippen LogP contribution in [0.4, 0.5) is 0 Å². The van der Waals surface area contributed by atoms with Gasteiger partial charge in [0.2, 0.25) is 0 Å². The lowest BCUT2D eigenvalue weighted by molar-refractivity contribution is -0.128. The molecule has 0 fully saturated rings. The van der Waals surface area contributed by atoms with E-state index in [1.54, 1.807) is 24.3 Å². The first-order valence-electron chi connectivity index (χ1n) is 7.11. The van der Waals surface area contributed by atoms with Crippen LogP contribution in [0.15, 0.2) is 48.5 Å². The van der Waals surface area contributed by atoms with Crippen molar-refractivity contribution in [2.24, 2.45) is 0 Å². The number of carbonyl (C=O) groups is 2. The lowest BCUT2D eigenvalue weighted by Gasteiger charge is -2.07. The number of aromatic hydroxyl groups is 2. The maximum Gasteiger partial charge on any atom is 0.276 e. The summed E-state index contributed by atoms with van der Waals surface area (Å²) >= 11 is 5.73. The third kappa shape index (κ3) is 6.08. The Bertz CT molecular complexity index is 790. The number of carbonyl (C=O) groups excluding carboxylic acids is 2. The van der Waals surface area contributed by atoms with Gasteiger partial charge in [0.25, 0.3) is 11.8 Å². The van der Waals surface area contributed by atoms with E-state index in [9.17, 15) is 19.8 Å². The van der Waals surface area contributed by atoms with E-state index in [1.807, 2.05) is 0 Å². The molecular weight excluding hydrogens is 348 g/mol. The van der Waals surface area contributed by atoms with E-state index in [1.165, 1.54) is 24.3 Å². The summed E-state index contributed by atoms with van der Waals surface area (Å²) in [6, 6.07) is 10.6. The molecule has 2 aromatic carbocycles. The molecule has 130 valence electrons. The van der Waals surface area contributed by atoms with Crippen molar-refractivity contribution in [1.82, 2.24) is 10.9 Å². The van der Waals surface area contributed by atoms with Crippen LogP contribution in [0, 0.1) is 0 Å². The van der Waals surface area contributed by atoms with Crippen molar-refractivity contribution in [3.63, 3.8) is 0 Å². The molecule has 8 heteroatoms. The van der Waals surface area contributed by atoms with Gasteiger partial charge in [0.1, 0.15) is 5.75 Å². The van der Waals surface area contributed by atoms with E-state index in [0.717, 1.165) is 6.08 Å².